The molecule has 1 unspecified atom stereocenters. The van der Waals surface area contributed by atoms with Gasteiger partial charge in [0.1, 0.15) is 5.75 Å². The Morgan fingerprint density at radius 1 is 1.10 bits per heavy atom. The van der Waals surface area contributed by atoms with Gasteiger partial charge in [0, 0.05) is 15.6 Å². The highest BCUT2D eigenvalue weighted by molar-refractivity contribution is 9.10. The summed E-state index contributed by atoms with van der Waals surface area (Å²) < 4.78 is 6.27. The fraction of sp³-hybridized carbons (Fsp3) is 0.200. The smallest absolute Gasteiger partial charge is 0.139 e. The Kier molecular flexibility index (Phi) is 6.27. The largest absolute Gasteiger partial charge is 0.492 e. The molecule has 0 N–H and O–H groups in total. The number of alkyl halides is 1. The van der Waals surface area contributed by atoms with E-state index in [2.05, 4.69) is 31.9 Å². The molecule has 2 aromatic rings. The van der Waals surface area contributed by atoms with Crippen molar-refractivity contribution >= 4 is 66.7 Å². The van der Waals surface area contributed by atoms with E-state index in [-0.39, 0.29) is 4.83 Å². The fourth-order valence-corrected chi connectivity index (χ4v) is 4.02. The van der Waals surface area contributed by atoms with Crippen molar-refractivity contribution in [2.75, 3.05) is 6.61 Å². The second kappa shape index (κ2) is 7.56. The number of benzene rings is 2. The Labute approximate surface area is 155 Å². The van der Waals surface area contributed by atoms with Gasteiger partial charge in [0.05, 0.1) is 21.5 Å². The van der Waals surface area contributed by atoms with E-state index >= 15 is 0 Å². The highest BCUT2D eigenvalue weighted by Crippen LogP contribution is 2.43. The maximum Gasteiger partial charge on any atom is 0.139 e. The van der Waals surface area contributed by atoms with E-state index in [0.717, 1.165) is 15.6 Å². The van der Waals surface area contributed by atoms with Crippen LogP contribution < -0.4 is 4.74 Å². The molecule has 1 atom stereocenters. The minimum atomic E-state index is -0.164. The molecule has 112 valence electrons. The van der Waals surface area contributed by atoms with Crippen LogP contribution in [0.2, 0.25) is 15.1 Å². The molecule has 6 heteroatoms. The summed E-state index contributed by atoms with van der Waals surface area (Å²) in [6.45, 7) is 2.43. The first-order valence-corrected chi connectivity index (χ1v) is 8.99. The van der Waals surface area contributed by atoms with Crippen LogP contribution in [0.15, 0.2) is 34.8 Å². The zero-order valence-corrected chi connectivity index (χ0v) is 16.4. The topological polar surface area (TPSA) is 9.23 Å². The lowest BCUT2D eigenvalue weighted by Crippen LogP contribution is -1.98. The van der Waals surface area contributed by atoms with E-state index < -0.39 is 0 Å². The molecule has 2 aromatic carbocycles. The van der Waals surface area contributed by atoms with Gasteiger partial charge >= 0.3 is 0 Å². The van der Waals surface area contributed by atoms with Gasteiger partial charge in [-0.05, 0) is 46.1 Å². The van der Waals surface area contributed by atoms with Crippen LogP contribution in [0.1, 0.15) is 22.9 Å². The van der Waals surface area contributed by atoms with E-state index in [4.69, 9.17) is 39.5 Å². The van der Waals surface area contributed by atoms with Crippen LogP contribution >= 0.6 is 66.7 Å². The fourth-order valence-electron chi connectivity index (χ4n) is 1.89. The first kappa shape index (κ1) is 17.4. The highest BCUT2D eigenvalue weighted by atomic mass is 79.9. The molecule has 0 fully saturated rings. The average Bonchev–Trinajstić information content (AvgIpc) is 2.45. The molecular formula is C15H11Br2Cl3O. The molecule has 0 aliphatic heterocycles. The van der Waals surface area contributed by atoms with Crippen molar-refractivity contribution in [1.29, 1.82) is 0 Å². The molecule has 2 rings (SSSR count). The van der Waals surface area contributed by atoms with E-state index in [9.17, 15) is 0 Å². The minimum Gasteiger partial charge on any atom is -0.492 e. The normalized spacial score (nSPS) is 12.3. The quantitative estimate of drug-likeness (QED) is 0.424. The molecule has 0 radical (unpaired) electrons. The minimum absolute atomic E-state index is 0.164. The van der Waals surface area contributed by atoms with Crippen LogP contribution in [-0.4, -0.2) is 6.61 Å². The zero-order valence-electron chi connectivity index (χ0n) is 11.0. The van der Waals surface area contributed by atoms with E-state index in [1.807, 2.05) is 25.1 Å². The van der Waals surface area contributed by atoms with Crippen LogP contribution in [0.5, 0.6) is 5.75 Å². The molecule has 0 aromatic heterocycles. The van der Waals surface area contributed by atoms with Crippen molar-refractivity contribution in [2.45, 2.75) is 11.8 Å². The number of hydrogen-bond acceptors (Lipinski definition) is 1. The van der Waals surface area contributed by atoms with Gasteiger partial charge in [-0.25, -0.2) is 0 Å². The lowest BCUT2D eigenvalue weighted by Gasteiger charge is -2.17. The van der Waals surface area contributed by atoms with Gasteiger partial charge in [0.2, 0.25) is 0 Å². The summed E-state index contributed by atoms with van der Waals surface area (Å²) in [5.41, 5.74) is 1.75. The van der Waals surface area contributed by atoms with Crippen LogP contribution in [0.3, 0.4) is 0 Å². The second-order valence-electron chi connectivity index (χ2n) is 4.24. The van der Waals surface area contributed by atoms with E-state index in [0.29, 0.717) is 27.4 Å². The van der Waals surface area contributed by atoms with Crippen LogP contribution in [0.25, 0.3) is 0 Å². The first-order valence-electron chi connectivity index (χ1n) is 6.15. The van der Waals surface area contributed by atoms with Crippen molar-refractivity contribution in [1.82, 2.24) is 0 Å². The first-order chi connectivity index (χ1) is 9.95. The van der Waals surface area contributed by atoms with E-state index in [1.165, 1.54) is 0 Å². The second-order valence-corrected chi connectivity index (χ2v) is 7.21. The lowest BCUT2D eigenvalue weighted by atomic mass is 10.0. The van der Waals surface area contributed by atoms with Crippen LogP contribution in [0, 0.1) is 0 Å². The predicted octanol–water partition coefficient (Wildman–Crippen LogP) is 7.29. The van der Waals surface area contributed by atoms with Crippen molar-refractivity contribution in [3.05, 3.63) is 61.0 Å². The van der Waals surface area contributed by atoms with Crippen LogP contribution in [0.4, 0.5) is 0 Å². The summed E-state index contributed by atoms with van der Waals surface area (Å²) in [5.74, 6) is 0.577. The van der Waals surface area contributed by atoms with E-state index in [1.54, 1.807) is 12.1 Å². The van der Waals surface area contributed by atoms with Gasteiger partial charge in [-0.2, -0.15) is 0 Å². The molecule has 0 saturated heterocycles. The highest BCUT2D eigenvalue weighted by Gasteiger charge is 2.20. The Morgan fingerprint density at radius 2 is 1.81 bits per heavy atom. The third kappa shape index (κ3) is 3.89. The van der Waals surface area contributed by atoms with Gasteiger partial charge in [-0.15, -0.1) is 0 Å². The molecule has 0 saturated carbocycles. The SMILES string of the molecule is CCOc1cc(Cl)c(C(Br)c2cccc(Br)c2Cl)cc1Cl. The standard InChI is InChI=1S/C15H11Br2Cl3O/c1-2-21-13-7-11(18)9(6-12(13)19)14(17)8-4-3-5-10(16)15(8)20/h3-7,14H,2H2,1H3. The summed E-state index contributed by atoms with van der Waals surface area (Å²) in [6, 6.07) is 9.27. The van der Waals surface area contributed by atoms with Gasteiger partial charge in [0.15, 0.2) is 0 Å². The number of rotatable bonds is 4. The summed E-state index contributed by atoms with van der Waals surface area (Å²) >= 11 is 26.0. The Morgan fingerprint density at radius 3 is 2.48 bits per heavy atom. The molecule has 0 heterocycles. The molecule has 0 bridgehead atoms. The zero-order chi connectivity index (χ0) is 15.6. The average molecular weight is 473 g/mol. The Bertz CT molecular complexity index is 662. The van der Waals surface area contributed by atoms with Crippen molar-refractivity contribution in [3.8, 4) is 5.75 Å². The van der Waals surface area contributed by atoms with Gasteiger partial charge in [-0.3, -0.25) is 0 Å². The van der Waals surface area contributed by atoms with Gasteiger partial charge < -0.3 is 4.74 Å². The maximum absolute atomic E-state index is 6.35. The summed E-state index contributed by atoms with van der Waals surface area (Å²) in [5, 5.41) is 1.73. The molecule has 0 aliphatic carbocycles. The monoisotopic (exact) mass is 470 g/mol. The van der Waals surface area contributed by atoms with Gasteiger partial charge in [0.25, 0.3) is 0 Å². The molecule has 1 nitrogen and oxygen atoms in total. The summed E-state index contributed by atoms with van der Waals surface area (Å²) in [6.07, 6.45) is 0. The number of hydrogen-bond donors (Lipinski definition) is 0. The number of ether oxygens (including phenoxy) is 1. The van der Waals surface area contributed by atoms with Crippen molar-refractivity contribution in [3.63, 3.8) is 0 Å². The number of halogens is 5. The summed E-state index contributed by atoms with van der Waals surface area (Å²) in [7, 11) is 0. The summed E-state index contributed by atoms with van der Waals surface area (Å²) in [4.78, 5) is -0.164. The third-order valence-corrected chi connectivity index (χ3v) is 5.80. The molecule has 0 amide bonds. The molecule has 21 heavy (non-hydrogen) atoms. The predicted molar refractivity (Wildman–Crippen MR) is 97.6 cm³/mol. The van der Waals surface area contributed by atoms with Crippen molar-refractivity contribution in [2.24, 2.45) is 0 Å². The lowest BCUT2D eigenvalue weighted by molar-refractivity contribution is 0.340. The maximum atomic E-state index is 6.35. The Hall–Kier alpha value is 0.0700. The van der Waals surface area contributed by atoms with Crippen molar-refractivity contribution < 1.29 is 4.74 Å². The molecular weight excluding hydrogens is 462 g/mol. The third-order valence-electron chi connectivity index (χ3n) is 2.88. The molecule has 0 aliphatic rings. The Balaban J connectivity index is 2.46. The molecule has 0 spiro atoms. The van der Waals surface area contributed by atoms with Gasteiger partial charge in [-0.1, -0.05) is 62.9 Å². The van der Waals surface area contributed by atoms with Crippen LogP contribution in [-0.2, 0) is 0 Å².